The maximum absolute atomic E-state index is 12.2. The van der Waals surface area contributed by atoms with Gasteiger partial charge >= 0.3 is 11.6 Å². The van der Waals surface area contributed by atoms with Gasteiger partial charge in [-0.05, 0) is 43.6 Å². The molecule has 1 aliphatic rings. The molecule has 2 aromatic rings. The van der Waals surface area contributed by atoms with Gasteiger partial charge in [-0.15, -0.1) is 5.10 Å². The van der Waals surface area contributed by atoms with E-state index in [0.29, 0.717) is 0 Å². The van der Waals surface area contributed by atoms with Gasteiger partial charge in [-0.25, -0.2) is 0 Å². The Hall–Kier alpha value is -2.94. The number of rotatable bonds is 8. The normalized spacial score (nSPS) is 14.6. The number of benzene rings is 1. The molecule has 0 aliphatic carbocycles. The molecule has 0 spiro atoms. The highest BCUT2D eigenvalue weighted by Crippen LogP contribution is 2.24. The molecule has 150 valence electrons. The third kappa shape index (κ3) is 5.29. The number of methoxy groups -OCH3 is 1. The largest absolute Gasteiger partial charge is 0.475 e. The van der Waals surface area contributed by atoms with Gasteiger partial charge in [0.1, 0.15) is 6.20 Å². The lowest BCUT2D eigenvalue weighted by Gasteiger charge is -2.26. The standard InChI is InChI=1S/C19H25N5O4/c1-28-19-17(24(26)27)14-23(21-19)12-9-18(25)20-16-7-5-15(6-8-16)13-22-10-3-2-4-11-22/h5-8,14H,2-4,9-13H2,1H3,(H,20,25). The minimum absolute atomic E-state index is 0.0605. The topological polar surface area (TPSA) is 103 Å². The van der Waals surface area contributed by atoms with Crippen molar-refractivity contribution in [3.63, 3.8) is 0 Å². The Bertz CT molecular complexity index is 812. The van der Waals surface area contributed by atoms with Crippen molar-refractivity contribution in [1.29, 1.82) is 0 Å². The molecule has 9 nitrogen and oxygen atoms in total. The summed E-state index contributed by atoms with van der Waals surface area (Å²) in [6.45, 7) is 3.46. The smallest absolute Gasteiger partial charge is 0.350 e. The fourth-order valence-electron chi connectivity index (χ4n) is 3.29. The highest BCUT2D eigenvalue weighted by molar-refractivity contribution is 5.90. The summed E-state index contributed by atoms with van der Waals surface area (Å²) >= 11 is 0. The second-order valence-electron chi connectivity index (χ2n) is 6.88. The monoisotopic (exact) mass is 387 g/mol. The summed E-state index contributed by atoms with van der Waals surface area (Å²) in [5, 5.41) is 17.7. The fourth-order valence-corrected chi connectivity index (χ4v) is 3.29. The van der Waals surface area contributed by atoms with Gasteiger partial charge in [0.15, 0.2) is 0 Å². The van der Waals surface area contributed by atoms with Crippen molar-refractivity contribution in [2.75, 3.05) is 25.5 Å². The van der Waals surface area contributed by atoms with Crippen molar-refractivity contribution < 1.29 is 14.5 Å². The lowest BCUT2D eigenvalue weighted by atomic mass is 10.1. The third-order valence-corrected chi connectivity index (χ3v) is 4.76. The zero-order valence-corrected chi connectivity index (χ0v) is 16.0. The van der Waals surface area contributed by atoms with Gasteiger partial charge in [0.25, 0.3) is 0 Å². The summed E-state index contributed by atoms with van der Waals surface area (Å²) in [6, 6.07) is 7.87. The third-order valence-electron chi connectivity index (χ3n) is 4.76. The number of aryl methyl sites for hydroxylation is 1. The van der Waals surface area contributed by atoms with Crippen LogP contribution in [0.5, 0.6) is 5.88 Å². The number of aromatic nitrogens is 2. The van der Waals surface area contributed by atoms with E-state index in [1.807, 2.05) is 24.3 Å². The molecule has 0 bridgehead atoms. The molecule has 1 saturated heterocycles. The van der Waals surface area contributed by atoms with Gasteiger partial charge in [0.2, 0.25) is 5.91 Å². The van der Waals surface area contributed by atoms with Crippen LogP contribution in [0, 0.1) is 10.1 Å². The van der Waals surface area contributed by atoms with Crippen LogP contribution in [-0.2, 0) is 17.9 Å². The number of ether oxygens (including phenoxy) is 1. The number of hydrogen-bond donors (Lipinski definition) is 1. The van der Waals surface area contributed by atoms with E-state index in [1.165, 1.54) is 42.8 Å². The average Bonchev–Trinajstić information content (AvgIpc) is 3.13. The molecular formula is C19H25N5O4. The van der Waals surface area contributed by atoms with Gasteiger partial charge in [-0.2, -0.15) is 0 Å². The summed E-state index contributed by atoms with van der Waals surface area (Å²) in [7, 11) is 1.32. The van der Waals surface area contributed by atoms with Crippen LogP contribution in [0.3, 0.4) is 0 Å². The first-order chi connectivity index (χ1) is 13.5. The van der Waals surface area contributed by atoms with E-state index in [-0.39, 0.29) is 30.4 Å². The van der Waals surface area contributed by atoms with Crippen LogP contribution in [0.1, 0.15) is 31.2 Å². The molecular weight excluding hydrogens is 362 g/mol. The lowest BCUT2D eigenvalue weighted by Crippen LogP contribution is -2.29. The molecule has 0 saturated carbocycles. The first-order valence-corrected chi connectivity index (χ1v) is 9.42. The SMILES string of the molecule is COc1nn(CCC(=O)Nc2ccc(CN3CCCCC3)cc2)cc1[N+](=O)[O-]. The molecule has 1 aliphatic heterocycles. The highest BCUT2D eigenvalue weighted by Gasteiger charge is 2.20. The number of nitrogens with zero attached hydrogens (tertiary/aromatic N) is 4. The van der Waals surface area contributed by atoms with Crippen LogP contribution in [0.2, 0.25) is 0 Å². The van der Waals surface area contributed by atoms with E-state index < -0.39 is 4.92 Å². The average molecular weight is 387 g/mol. The number of anilines is 1. The molecule has 1 N–H and O–H groups in total. The molecule has 9 heteroatoms. The molecule has 3 rings (SSSR count). The highest BCUT2D eigenvalue weighted by atomic mass is 16.6. The number of piperidine rings is 1. The molecule has 0 atom stereocenters. The number of amides is 1. The Morgan fingerprint density at radius 3 is 2.57 bits per heavy atom. The van der Waals surface area contributed by atoms with Gasteiger partial charge in [0.05, 0.1) is 18.6 Å². The summed E-state index contributed by atoms with van der Waals surface area (Å²) in [6.07, 6.45) is 5.26. The molecule has 0 unspecified atom stereocenters. The number of nitro groups is 1. The Balaban J connectivity index is 1.48. The van der Waals surface area contributed by atoms with E-state index in [1.54, 1.807) is 0 Å². The van der Waals surface area contributed by atoms with Gasteiger partial charge in [-0.3, -0.25) is 24.5 Å². The lowest BCUT2D eigenvalue weighted by molar-refractivity contribution is -0.385. The van der Waals surface area contributed by atoms with Gasteiger partial charge < -0.3 is 10.1 Å². The maximum Gasteiger partial charge on any atom is 0.350 e. The van der Waals surface area contributed by atoms with Gasteiger partial charge in [0, 0.05) is 18.7 Å². The predicted molar refractivity (Wildman–Crippen MR) is 104 cm³/mol. The van der Waals surface area contributed by atoms with E-state index in [4.69, 9.17) is 4.74 Å². The van der Waals surface area contributed by atoms with Crippen LogP contribution >= 0.6 is 0 Å². The van der Waals surface area contributed by atoms with Crippen LogP contribution in [0.25, 0.3) is 0 Å². The van der Waals surface area contributed by atoms with Crippen molar-refractivity contribution in [3.8, 4) is 5.88 Å². The maximum atomic E-state index is 12.2. The number of hydrogen-bond acceptors (Lipinski definition) is 6. The molecule has 2 heterocycles. The second-order valence-corrected chi connectivity index (χ2v) is 6.88. The summed E-state index contributed by atoms with van der Waals surface area (Å²) in [4.78, 5) is 25.0. The van der Waals surface area contributed by atoms with E-state index >= 15 is 0 Å². The quantitative estimate of drug-likeness (QED) is 0.552. The second kappa shape index (κ2) is 9.32. The first-order valence-electron chi connectivity index (χ1n) is 9.42. The number of likely N-dealkylation sites (tertiary alicyclic amines) is 1. The van der Waals surface area contributed by atoms with Crippen molar-refractivity contribution in [2.45, 2.75) is 38.8 Å². The van der Waals surface area contributed by atoms with Crippen LogP contribution in [0.4, 0.5) is 11.4 Å². The van der Waals surface area contributed by atoms with Crippen LogP contribution < -0.4 is 10.1 Å². The van der Waals surface area contributed by atoms with Gasteiger partial charge in [-0.1, -0.05) is 18.6 Å². The first kappa shape index (κ1) is 19.8. The van der Waals surface area contributed by atoms with Crippen LogP contribution in [-0.4, -0.2) is 45.7 Å². The predicted octanol–water partition coefficient (Wildman–Crippen LogP) is 2.81. The summed E-state index contributed by atoms with van der Waals surface area (Å²) in [5.41, 5.74) is 1.75. The van der Waals surface area contributed by atoms with E-state index in [9.17, 15) is 14.9 Å². The Morgan fingerprint density at radius 2 is 1.96 bits per heavy atom. The molecule has 0 radical (unpaired) electrons. The Labute approximate surface area is 163 Å². The number of nitrogens with one attached hydrogen (secondary N) is 1. The number of carbonyl (C=O) groups excluding carboxylic acids is 1. The fraction of sp³-hybridized carbons (Fsp3) is 0.474. The molecule has 28 heavy (non-hydrogen) atoms. The van der Waals surface area contributed by atoms with Crippen molar-refractivity contribution >= 4 is 17.3 Å². The minimum atomic E-state index is -0.562. The van der Waals surface area contributed by atoms with Crippen molar-refractivity contribution in [3.05, 3.63) is 46.1 Å². The summed E-state index contributed by atoms with van der Waals surface area (Å²) < 4.78 is 6.22. The van der Waals surface area contributed by atoms with Crippen molar-refractivity contribution in [1.82, 2.24) is 14.7 Å². The van der Waals surface area contributed by atoms with Crippen LogP contribution in [0.15, 0.2) is 30.5 Å². The van der Waals surface area contributed by atoms with E-state index in [0.717, 1.165) is 25.3 Å². The minimum Gasteiger partial charge on any atom is -0.475 e. The molecule has 1 amide bonds. The van der Waals surface area contributed by atoms with Crippen molar-refractivity contribution in [2.24, 2.45) is 0 Å². The zero-order chi connectivity index (χ0) is 19.9. The molecule has 1 fully saturated rings. The Kier molecular flexibility index (Phi) is 6.59. The Morgan fingerprint density at radius 1 is 1.25 bits per heavy atom. The number of carbonyl (C=O) groups is 1. The van der Waals surface area contributed by atoms with E-state index in [2.05, 4.69) is 15.3 Å². The zero-order valence-electron chi connectivity index (χ0n) is 16.0. The summed E-state index contributed by atoms with van der Waals surface area (Å²) in [5.74, 6) is -0.240. The molecule has 1 aromatic heterocycles. The molecule has 1 aromatic carbocycles.